The van der Waals surface area contributed by atoms with Crippen molar-refractivity contribution in [3.63, 3.8) is 0 Å². The number of rotatable bonds is 9. The fraction of sp³-hybridized carbons (Fsp3) is 0.242. The maximum Gasteiger partial charge on any atom is 0.412 e. The molecule has 14 heteroatoms. The summed E-state index contributed by atoms with van der Waals surface area (Å²) in [6.45, 7) is 2.91. The lowest BCUT2D eigenvalue weighted by molar-refractivity contribution is -0.172. The summed E-state index contributed by atoms with van der Waals surface area (Å²) >= 11 is 0. The number of carbonyl (C=O) groups excluding carboxylic acids is 3. The average Bonchev–Trinajstić information content (AvgIpc) is 3.45. The van der Waals surface area contributed by atoms with Gasteiger partial charge in [-0.3, -0.25) is 14.8 Å². The molecule has 0 bridgehead atoms. The number of anilines is 1. The van der Waals surface area contributed by atoms with Gasteiger partial charge in [0.05, 0.1) is 29.0 Å². The molecule has 14 nitrogen and oxygen atoms in total. The number of pyridine rings is 2. The molecule has 2 aliphatic heterocycles. The minimum Gasteiger partial charge on any atom is -0.458 e. The third kappa shape index (κ3) is 5.92. The van der Waals surface area contributed by atoms with Gasteiger partial charge in [0, 0.05) is 47.9 Å². The highest BCUT2D eigenvalue weighted by molar-refractivity contribution is 5.97. The van der Waals surface area contributed by atoms with Crippen LogP contribution < -0.4 is 32.1 Å². The predicted molar refractivity (Wildman–Crippen MR) is 170 cm³/mol. The molecule has 1 atom stereocenters. The zero-order valence-electron chi connectivity index (χ0n) is 25.3. The quantitative estimate of drug-likeness (QED) is 0.0452. The number of hydrogen-bond acceptors (Lipinski definition) is 11. The smallest absolute Gasteiger partial charge is 0.412 e. The van der Waals surface area contributed by atoms with Crippen molar-refractivity contribution >= 4 is 40.6 Å². The molecule has 0 saturated heterocycles. The van der Waals surface area contributed by atoms with Crippen molar-refractivity contribution < 1.29 is 34.2 Å². The summed E-state index contributed by atoms with van der Waals surface area (Å²) in [5, 5.41) is 26.1. The lowest BCUT2D eigenvalue weighted by Gasteiger charge is -2.31. The van der Waals surface area contributed by atoms with Crippen molar-refractivity contribution in [3.05, 3.63) is 92.8 Å². The van der Waals surface area contributed by atoms with Crippen LogP contribution in [0.5, 0.6) is 5.75 Å². The number of carbonyl (C=O) groups is 3. The summed E-state index contributed by atoms with van der Waals surface area (Å²) in [5.74, 6) is -1.15. The highest BCUT2D eigenvalue weighted by Crippen LogP contribution is 2.41. The Balaban J connectivity index is 1.09. The molecule has 2 aromatic carbocycles. The number of nitrogen functional groups attached to an aromatic ring is 1. The van der Waals surface area contributed by atoms with E-state index < -0.39 is 23.6 Å². The summed E-state index contributed by atoms with van der Waals surface area (Å²) in [6.07, 6.45) is 2.19. The van der Waals surface area contributed by atoms with Gasteiger partial charge in [0.1, 0.15) is 12.4 Å². The van der Waals surface area contributed by atoms with E-state index in [1.54, 1.807) is 37.3 Å². The Morgan fingerprint density at radius 2 is 1.91 bits per heavy atom. The Morgan fingerprint density at radius 3 is 2.66 bits per heavy atom. The van der Waals surface area contributed by atoms with Gasteiger partial charge in [-0.25, -0.2) is 20.1 Å². The molecule has 242 valence electrons. The molecule has 6 rings (SSSR count). The molecule has 0 aliphatic carbocycles. The number of hydrogen-bond donors (Lipinski definition) is 6. The zero-order chi connectivity index (χ0) is 33.3. The number of hydroxylamine groups is 1. The third-order valence-corrected chi connectivity index (χ3v) is 8.33. The van der Waals surface area contributed by atoms with Gasteiger partial charge in [-0.2, -0.15) is 0 Å². The third-order valence-electron chi connectivity index (χ3n) is 8.33. The normalized spacial score (nSPS) is 16.4. The molecule has 2 aliphatic rings. The molecule has 0 fully saturated rings. The van der Waals surface area contributed by atoms with Crippen molar-refractivity contribution in [1.29, 1.82) is 0 Å². The maximum absolute atomic E-state index is 13.4. The molecule has 0 unspecified atom stereocenters. The van der Waals surface area contributed by atoms with Crippen LogP contribution in [0.2, 0.25) is 0 Å². The van der Waals surface area contributed by atoms with Crippen LogP contribution >= 0.6 is 0 Å². The van der Waals surface area contributed by atoms with Gasteiger partial charge >= 0.3 is 12.1 Å². The standard InChI is InChI=1S/C33H32N6O8/c1-2-33(44)24-14-26-29-22(16-39(26)30(41)23(24)17-46-31(33)42)28(34)21-13-20(8-9-25(21)37-29)47-32(43)36-12-11-35-15-19-5-3-18(4-6-19)7-10-27(40)38-45/h3-10,13-14,35,44-45H,2,11-12,15-17H2,1H3,(H2,34,37)(H,36,43)(H,38,40)/b10-7+/t33-/m0/s1. The Morgan fingerprint density at radius 1 is 1.13 bits per heavy atom. The molecular weight excluding hydrogens is 608 g/mol. The monoisotopic (exact) mass is 640 g/mol. The average molecular weight is 641 g/mol. The molecule has 2 amide bonds. The number of aromatic nitrogens is 2. The number of nitrogens with two attached hydrogens (primary N) is 1. The largest absolute Gasteiger partial charge is 0.458 e. The van der Waals surface area contributed by atoms with Crippen LogP contribution in [-0.2, 0) is 39.6 Å². The first kappa shape index (κ1) is 31.4. The van der Waals surface area contributed by atoms with E-state index in [0.29, 0.717) is 53.2 Å². The van der Waals surface area contributed by atoms with Crippen LogP contribution in [0.15, 0.2) is 59.4 Å². The van der Waals surface area contributed by atoms with E-state index in [1.165, 1.54) is 16.1 Å². The van der Waals surface area contributed by atoms with Crippen LogP contribution in [0.25, 0.3) is 28.4 Å². The molecule has 0 saturated carbocycles. The first-order valence-corrected chi connectivity index (χ1v) is 14.9. The van der Waals surface area contributed by atoms with Crippen LogP contribution in [0.3, 0.4) is 0 Å². The summed E-state index contributed by atoms with van der Waals surface area (Å²) in [4.78, 5) is 54.2. The van der Waals surface area contributed by atoms with Crippen LogP contribution in [0.1, 0.15) is 41.2 Å². The molecule has 7 N–H and O–H groups in total. The molecular formula is C33H32N6O8. The molecule has 4 aromatic rings. The van der Waals surface area contributed by atoms with E-state index in [-0.39, 0.29) is 42.0 Å². The fourth-order valence-electron chi connectivity index (χ4n) is 5.74. The minimum absolute atomic E-state index is 0.0408. The number of nitrogens with zero attached hydrogens (tertiary/aromatic N) is 2. The summed E-state index contributed by atoms with van der Waals surface area (Å²) in [6, 6.07) is 14.0. The van der Waals surface area contributed by atoms with Crippen LogP contribution in [-0.4, -0.2) is 50.9 Å². The Labute approximate surface area is 267 Å². The summed E-state index contributed by atoms with van der Waals surface area (Å²) < 4.78 is 12.1. The van der Waals surface area contributed by atoms with E-state index in [4.69, 9.17) is 25.4 Å². The first-order chi connectivity index (χ1) is 22.6. The Kier molecular flexibility index (Phi) is 8.47. The summed E-state index contributed by atoms with van der Waals surface area (Å²) in [7, 11) is 0. The van der Waals surface area contributed by atoms with Gasteiger partial charge in [-0.05, 0) is 47.9 Å². The minimum atomic E-state index is -1.93. The molecule has 0 radical (unpaired) electrons. The van der Waals surface area contributed by atoms with Crippen molar-refractivity contribution in [3.8, 4) is 17.1 Å². The molecule has 0 spiro atoms. The van der Waals surface area contributed by atoms with E-state index in [1.807, 2.05) is 24.3 Å². The number of amides is 2. The second kappa shape index (κ2) is 12.7. The van der Waals surface area contributed by atoms with Crippen molar-refractivity contribution in [2.75, 3.05) is 18.8 Å². The predicted octanol–water partition coefficient (Wildman–Crippen LogP) is 2.06. The van der Waals surface area contributed by atoms with E-state index in [9.17, 15) is 24.3 Å². The van der Waals surface area contributed by atoms with Crippen molar-refractivity contribution in [1.82, 2.24) is 25.7 Å². The number of aliphatic hydroxyl groups is 1. The van der Waals surface area contributed by atoms with Gasteiger partial charge < -0.3 is 35.5 Å². The number of fused-ring (bicyclic) bond motifs is 5. The maximum atomic E-state index is 13.4. The van der Waals surface area contributed by atoms with Crippen LogP contribution in [0.4, 0.5) is 10.5 Å². The molecule has 47 heavy (non-hydrogen) atoms. The second-order valence-electron chi connectivity index (χ2n) is 11.2. The SMILES string of the molecule is CC[C@@]1(O)C(=O)OCc2c1cc1n(c2=O)Cc2c-1nc1ccc(OC(=O)NCCNCc3ccc(/C=C/C(=O)NO)cc3)cc1c2N. The van der Waals surface area contributed by atoms with E-state index in [0.717, 1.165) is 11.1 Å². The van der Waals surface area contributed by atoms with Gasteiger partial charge in [-0.1, -0.05) is 31.2 Å². The van der Waals surface area contributed by atoms with Crippen molar-refractivity contribution in [2.45, 2.75) is 38.6 Å². The lowest BCUT2D eigenvalue weighted by Crippen LogP contribution is -2.44. The Hall–Kier alpha value is -5.57. The van der Waals surface area contributed by atoms with Crippen molar-refractivity contribution in [2.24, 2.45) is 0 Å². The lowest BCUT2D eigenvalue weighted by atomic mass is 9.86. The number of nitrogens with one attached hydrogen (secondary N) is 3. The second-order valence-corrected chi connectivity index (χ2v) is 11.2. The summed E-state index contributed by atoms with van der Waals surface area (Å²) in [5.41, 5.74) is 10.5. The fourth-order valence-corrected chi connectivity index (χ4v) is 5.74. The molecule has 4 heterocycles. The number of cyclic esters (lactones) is 1. The first-order valence-electron chi connectivity index (χ1n) is 14.9. The highest BCUT2D eigenvalue weighted by Gasteiger charge is 2.45. The zero-order valence-corrected chi connectivity index (χ0v) is 25.3. The highest BCUT2D eigenvalue weighted by atomic mass is 16.6. The number of ether oxygens (including phenoxy) is 2. The molecule has 2 aromatic heterocycles. The van der Waals surface area contributed by atoms with E-state index >= 15 is 0 Å². The van der Waals surface area contributed by atoms with Gasteiger partial charge in [0.15, 0.2) is 5.60 Å². The topological polar surface area (TPSA) is 207 Å². The van der Waals surface area contributed by atoms with Gasteiger partial charge in [0.25, 0.3) is 11.5 Å². The number of esters is 1. The van der Waals surface area contributed by atoms with Gasteiger partial charge in [0.2, 0.25) is 0 Å². The Bertz CT molecular complexity index is 2010. The van der Waals surface area contributed by atoms with Gasteiger partial charge in [-0.15, -0.1) is 0 Å². The van der Waals surface area contributed by atoms with E-state index in [2.05, 4.69) is 10.6 Å². The van der Waals surface area contributed by atoms with Crippen LogP contribution in [0, 0.1) is 0 Å². The number of benzene rings is 2.